The molecule has 1 N–H and O–H groups in total. The molecule has 0 bridgehead atoms. The number of esters is 1. The molecule has 6 heteroatoms. The average Bonchev–Trinajstić information content (AvgIpc) is 2.57. The van der Waals surface area contributed by atoms with Crippen molar-refractivity contribution in [3.8, 4) is 0 Å². The summed E-state index contributed by atoms with van der Waals surface area (Å²) >= 11 is 3.32. The molecule has 1 aliphatic rings. The predicted molar refractivity (Wildman–Crippen MR) is 64.4 cm³/mol. The fourth-order valence-electron chi connectivity index (χ4n) is 1.56. The number of ether oxygens (including phenoxy) is 1. The molecule has 0 spiro atoms. The van der Waals surface area contributed by atoms with Crippen molar-refractivity contribution in [2.24, 2.45) is 0 Å². The van der Waals surface area contributed by atoms with E-state index in [0.717, 1.165) is 10.0 Å². The van der Waals surface area contributed by atoms with Crippen molar-refractivity contribution in [2.75, 3.05) is 7.11 Å². The van der Waals surface area contributed by atoms with Crippen molar-refractivity contribution in [2.45, 2.75) is 6.42 Å². The molecule has 0 saturated carbocycles. The minimum absolute atomic E-state index is 0. The summed E-state index contributed by atoms with van der Waals surface area (Å²) in [5, 5.41) is 9.79. The maximum atomic E-state index is 11.3. The summed E-state index contributed by atoms with van der Waals surface area (Å²) in [7, 11) is 1.29. The van der Waals surface area contributed by atoms with Crippen LogP contribution in [0.1, 0.15) is 11.1 Å². The molecule has 4 nitrogen and oxygen atoms in total. The van der Waals surface area contributed by atoms with Crippen LogP contribution in [0.2, 0.25) is 0 Å². The van der Waals surface area contributed by atoms with Crippen molar-refractivity contribution in [3.05, 3.63) is 33.6 Å². The Kier molecular flexibility index (Phi) is 4.19. The normalized spacial score (nSPS) is 13.1. The molecule has 0 atom stereocenters. The van der Waals surface area contributed by atoms with Gasteiger partial charge in [-0.25, -0.2) is 4.79 Å². The SMILES string of the molecule is COC(=O)C1=C(O)c2cncc(Br)c2C1.[LiH]. The first-order valence-electron chi connectivity index (χ1n) is 4.28. The zero-order chi connectivity index (χ0) is 11.0. The van der Waals surface area contributed by atoms with Crippen molar-refractivity contribution >= 4 is 46.5 Å². The molecule has 1 aromatic heterocycles. The number of aliphatic hydroxyl groups excluding tert-OH is 1. The van der Waals surface area contributed by atoms with Gasteiger partial charge >= 0.3 is 24.8 Å². The summed E-state index contributed by atoms with van der Waals surface area (Å²) in [6.45, 7) is 0. The monoisotopic (exact) mass is 277 g/mol. The van der Waals surface area contributed by atoms with Gasteiger partial charge in [-0.15, -0.1) is 0 Å². The number of pyridine rings is 1. The van der Waals surface area contributed by atoms with Gasteiger partial charge in [0.05, 0.1) is 12.7 Å². The van der Waals surface area contributed by atoms with Gasteiger partial charge in [-0.1, -0.05) is 0 Å². The Morgan fingerprint density at radius 2 is 2.25 bits per heavy atom. The van der Waals surface area contributed by atoms with Crippen LogP contribution >= 0.6 is 15.9 Å². The Morgan fingerprint density at radius 1 is 1.56 bits per heavy atom. The van der Waals surface area contributed by atoms with Crippen LogP contribution in [0.5, 0.6) is 0 Å². The van der Waals surface area contributed by atoms with Gasteiger partial charge in [-0.2, -0.15) is 0 Å². The quantitative estimate of drug-likeness (QED) is 0.619. The molecular formula is C10H9BrLiNO3. The second-order valence-corrected chi connectivity index (χ2v) is 4.00. The fraction of sp³-hybridized carbons (Fsp3) is 0.200. The molecule has 0 radical (unpaired) electrons. The van der Waals surface area contributed by atoms with Crippen molar-refractivity contribution in [3.63, 3.8) is 0 Å². The van der Waals surface area contributed by atoms with E-state index in [9.17, 15) is 9.90 Å². The minimum atomic E-state index is -0.504. The van der Waals surface area contributed by atoms with Crippen LogP contribution < -0.4 is 0 Å². The van der Waals surface area contributed by atoms with Crippen molar-refractivity contribution < 1.29 is 14.6 Å². The zero-order valence-electron chi connectivity index (χ0n) is 7.95. The molecule has 1 aliphatic carbocycles. The molecule has 1 aromatic rings. The number of rotatable bonds is 1. The molecular weight excluding hydrogens is 269 g/mol. The Hall–Kier alpha value is -0.763. The Bertz CT molecular complexity index is 473. The molecule has 0 saturated heterocycles. The van der Waals surface area contributed by atoms with Gasteiger partial charge in [0.1, 0.15) is 5.76 Å². The van der Waals surface area contributed by atoms with Gasteiger partial charge in [0, 0.05) is 28.9 Å². The van der Waals surface area contributed by atoms with Crippen LogP contribution in [-0.2, 0) is 16.0 Å². The number of carbonyl (C=O) groups is 1. The van der Waals surface area contributed by atoms with Crippen LogP contribution in [0.3, 0.4) is 0 Å². The second kappa shape index (κ2) is 5.05. The topological polar surface area (TPSA) is 59.4 Å². The second-order valence-electron chi connectivity index (χ2n) is 3.14. The summed E-state index contributed by atoms with van der Waals surface area (Å²) in [5.41, 5.74) is 1.73. The summed E-state index contributed by atoms with van der Waals surface area (Å²) in [5.74, 6) is -0.541. The van der Waals surface area contributed by atoms with Crippen molar-refractivity contribution in [1.82, 2.24) is 4.98 Å². The van der Waals surface area contributed by atoms with Crippen LogP contribution in [-0.4, -0.2) is 42.0 Å². The molecule has 1 heterocycles. The number of hydrogen-bond donors (Lipinski definition) is 1. The number of methoxy groups -OCH3 is 1. The third kappa shape index (κ3) is 2.03. The van der Waals surface area contributed by atoms with Crippen molar-refractivity contribution in [1.29, 1.82) is 0 Å². The van der Waals surface area contributed by atoms with E-state index in [1.165, 1.54) is 13.3 Å². The molecule has 0 fully saturated rings. The predicted octanol–water partition coefficient (Wildman–Crippen LogP) is 1.19. The van der Waals surface area contributed by atoms with E-state index >= 15 is 0 Å². The van der Waals surface area contributed by atoms with E-state index in [0.29, 0.717) is 12.0 Å². The fourth-order valence-corrected chi connectivity index (χ4v) is 2.03. The third-order valence-corrected chi connectivity index (χ3v) is 3.01. The number of aliphatic hydroxyl groups is 1. The Balaban J connectivity index is 0.00000128. The molecule has 16 heavy (non-hydrogen) atoms. The first-order chi connectivity index (χ1) is 7.15. The summed E-state index contributed by atoms with van der Waals surface area (Å²) in [6.07, 6.45) is 3.54. The standard InChI is InChI=1S/C10H8BrNO3.Li.H/c1-15-10(14)6-2-5-7(9(6)13)3-12-4-8(5)11;;/h3-4,13H,2H2,1H3;;. The van der Waals surface area contributed by atoms with E-state index in [4.69, 9.17) is 0 Å². The van der Waals surface area contributed by atoms with Crippen LogP contribution in [0, 0.1) is 0 Å². The number of hydrogen-bond acceptors (Lipinski definition) is 4. The summed E-state index contributed by atoms with van der Waals surface area (Å²) in [6, 6.07) is 0. The van der Waals surface area contributed by atoms with Gasteiger partial charge in [0.15, 0.2) is 0 Å². The molecule has 0 amide bonds. The molecule has 0 aromatic carbocycles. The summed E-state index contributed by atoms with van der Waals surface area (Å²) in [4.78, 5) is 15.3. The molecule has 2 rings (SSSR count). The number of halogens is 1. The Labute approximate surface area is 113 Å². The summed E-state index contributed by atoms with van der Waals surface area (Å²) < 4.78 is 5.37. The van der Waals surface area contributed by atoms with Crippen LogP contribution in [0.25, 0.3) is 5.76 Å². The van der Waals surface area contributed by atoms with E-state index in [2.05, 4.69) is 25.7 Å². The molecule has 80 valence electrons. The van der Waals surface area contributed by atoms with E-state index in [-0.39, 0.29) is 30.2 Å². The average molecular weight is 278 g/mol. The van der Waals surface area contributed by atoms with Crippen LogP contribution in [0.15, 0.2) is 22.4 Å². The zero-order valence-corrected chi connectivity index (χ0v) is 9.54. The Morgan fingerprint density at radius 3 is 2.81 bits per heavy atom. The van der Waals surface area contributed by atoms with Gasteiger partial charge in [-0.05, 0) is 21.5 Å². The third-order valence-electron chi connectivity index (χ3n) is 2.33. The van der Waals surface area contributed by atoms with Gasteiger partial charge in [-0.3, -0.25) is 4.98 Å². The van der Waals surface area contributed by atoms with Gasteiger partial charge in [0.25, 0.3) is 0 Å². The number of nitrogens with zero attached hydrogens (tertiary/aromatic N) is 1. The maximum absolute atomic E-state index is 11.3. The van der Waals surface area contributed by atoms with E-state index < -0.39 is 5.97 Å². The number of carbonyl (C=O) groups excluding carboxylic acids is 1. The number of fused-ring (bicyclic) bond motifs is 1. The van der Waals surface area contributed by atoms with Gasteiger partial charge < -0.3 is 9.84 Å². The molecule has 0 unspecified atom stereocenters. The van der Waals surface area contributed by atoms with Crippen LogP contribution in [0.4, 0.5) is 0 Å². The first kappa shape index (κ1) is 13.3. The number of aromatic nitrogens is 1. The van der Waals surface area contributed by atoms with E-state index in [1.54, 1.807) is 6.20 Å². The van der Waals surface area contributed by atoms with Gasteiger partial charge in [0.2, 0.25) is 0 Å². The molecule has 0 aliphatic heterocycles. The first-order valence-corrected chi connectivity index (χ1v) is 5.07. The van der Waals surface area contributed by atoms with E-state index in [1.807, 2.05) is 0 Å².